The van der Waals surface area contributed by atoms with Gasteiger partial charge in [-0.15, -0.1) is 10.2 Å². The van der Waals surface area contributed by atoms with Gasteiger partial charge in [-0.25, -0.2) is 10.1 Å². The van der Waals surface area contributed by atoms with E-state index in [1.165, 1.54) is 22.9 Å². The molecule has 1 aromatic heterocycles. The molecule has 3 aromatic rings. The fraction of sp³-hybridized carbons (Fsp3) is 0.238. The van der Waals surface area contributed by atoms with E-state index < -0.39 is 4.92 Å². The number of hydrogen-bond acceptors (Lipinski definition) is 10. The highest BCUT2D eigenvalue weighted by Gasteiger charge is 2.13. The molecule has 0 aliphatic heterocycles. The maximum absolute atomic E-state index is 12.2. The molecule has 13 heteroatoms. The second kappa shape index (κ2) is 11.7. The zero-order chi connectivity index (χ0) is 24.5. The fourth-order valence-electron chi connectivity index (χ4n) is 3.00. The third kappa shape index (κ3) is 6.45. The van der Waals surface area contributed by atoms with Crippen LogP contribution in [0.25, 0.3) is 0 Å². The van der Waals surface area contributed by atoms with Crippen molar-refractivity contribution in [2.75, 3.05) is 40.3 Å². The van der Waals surface area contributed by atoms with Crippen molar-refractivity contribution in [3.63, 3.8) is 0 Å². The number of non-ortho nitro benzene ring substituents is 1. The Morgan fingerprint density at radius 2 is 1.97 bits per heavy atom. The highest BCUT2D eigenvalue weighted by atomic mass is 32.2. The van der Waals surface area contributed by atoms with Crippen LogP contribution in [0.15, 0.2) is 58.8 Å². The first-order valence-electron chi connectivity index (χ1n) is 10.4. The van der Waals surface area contributed by atoms with Gasteiger partial charge >= 0.3 is 0 Å². The normalized spacial score (nSPS) is 10.9. The first-order valence-corrected chi connectivity index (χ1v) is 11.4. The van der Waals surface area contributed by atoms with Crippen LogP contribution in [-0.2, 0) is 4.79 Å². The molecule has 3 rings (SSSR count). The number of nitro benzene ring substituents is 1. The molecule has 0 saturated heterocycles. The topological polar surface area (TPSA) is 157 Å². The molecule has 0 aliphatic carbocycles. The van der Waals surface area contributed by atoms with Crippen molar-refractivity contribution >= 4 is 46.9 Å². The number of aromatic nitrogens is 3. The smallest absolute Gasteiger partial charge is 0.271 e. The number of amides is 1. The van der Waals surface area contributed by atoms with Gasteiger partial charge in [0.15, 0.2) is 0 Å². The van der Waals surface area contributed by atoms with Gasteiger partial charge in [-0.1, -0.05) is 30.0 Å². The van der Waals surface area contributed by atoms with Gasteiger partial charge in [-0.2, -0.15) is 5.10 Å². The second-order valence-electron chi connectivity index (χ2n) is 6.95. The van der Waals surface area contributed by atoms with Crippen LogP contribution in [0.5, 0.6) is 0 Å². The van der Waals surface area contributed by atoms with Gasteiger partial charge in [-0.05, 0) is 37.6 Å². The molecule has 0 fully saturated rings. The van der Waals surface area contributed by atoms with E-state index in [-0.39, 0.29) is 23.3 Å². The Morgan fingerprint density at radius 3 is 2.65 bits per heavy atom. The molecule has 34 heavy (non-hydrogen) atoms. The van der Waals surface area contributed by atoms with Crippen LogP contribution >= 0.6 is 11.8 Å². The standard InChI is InChI=1S/C21H25N9O3S/c1-3-28(4-2)17-10-8-15(9-11-17)13-23-25-20-26-27-21(29(20)22)34-14-19(31)24-16-6-5-7-18(12-16)30(32)33/h5-13H,3-4,14,22H2,1-2H3,(H,24,31)(H,25,26)/b23-13+. The molecule has 1 heterocycles. The number of rotatable bonds is 11. The number of nitrogens with one attached hydrogen (secondary N) is 2. The van der Waals surface area contributed by atoms with Crippen LogP contribution in [0.3, 0.4) is 0 Å². The monoisotopic (exact) mass is 483 g/mol. The molecule has 0 saturated carbocycles. The predicted octanol–water partition coefficient (Wildman–Crippen LogP) is 2.92. The molecule has 2 aromatic carbocycles. The van der Waals surface area contributed by atoms with E-state index in [2.05, 4.69) is 44.8 Å². The molecule has 178 valence electrons. The number of nitro groups is 1. The van der Waals surface area contributed by atoms with Gasteiger partial charge in [0.1, 0.15) is 0 Å². The minimum absolute atomic E-state index is 0.0137. The van der Waals surface area contributed by atoms with E-state index in [0.29, 0.717) is 10.8 Å². The van der Waals surface area contributed by atoms with Crippen LogP contribution in [-0.4, -0.2) is 50.8 Å². The average molecular weight is 484 g/mol. The van der Waals surface area contributed by atoms with E-state index in [4.69, 9.17) is 5.84 Å². The zero-order valence-corrected chi connectivity index (χ0v) is 19.5. The number of nitrogen functional groups attached to an aromatic ring is 1. The molecule has 0 radical (unpaired) electrons. The molecule has 1 amide bonds. The van der Waals surface area contributed by atoms with Gasteiger partial charge < -0.3 is 16.1 Å². The number of nitrogens with zero attached hydrogens (tertiary/aromatic N) is 6. The summed E-state index contributed by atoms with van der Waals surface area (Å²) in [5.74, 6) is 5.81. The summed E-state index contributed by atoms with van der Waals surface area (Å²) in [6.45, 7) is 6.10. The number of carbonyl (C=O) groups is 1. The van der Waals surface area contributed by atoms with Crippen molar-refractivity contribution in [2.45, 2.75) is 19.0 Å². The van der Waals surface area contributed by atoms with Gasteiger partial charge in [0.2, 0.25) is 11.1 Å². The van der Waals surface area contributed by atoms with Crippen molar-refractivity contribution in [1.82, 2.24) is 14.9 Å². The Balaban J connectivity index is 1.52. The van der Waals surface area contributed by atoms with Gasteiger partial charge in [0.25, 0.3) is 11.6 Å². The quantitative estimate of drug-likeness (QED) is 0.123. The van der Waals surface area contributed by atoms with Crippen LogP contribution in [0.4, 0.5) is 23.0 Å². The van der Waals surface area contributed by atoms with E-state index >= 15 is 0 Å². The lowest BCUT2D eigenvalue weighted by Crippen LogP contribution is -2.21. The van der Waals surface area contributed by atoms with Crippen molar-refractivity contribution in [1.29, 1.82) is 0 Å². The lowest BCUT2D eigenvalue weighted by molar-refractivity contribution is -0.384. The summed E-state index contributed by atoms with van der Waals surface area (Å²) in [5, 5.41) is 25.8. The Labute approximate surface area is 200 Å². The number of hydrogen-bond donors (Lipinski definition) is 3. The summed E-state index contributed by atoms with van der Waals surface area (Å²) in [4.78, 5) is 24.7. The van der Waals surface area contributed by atoms with Crippen molar-refractivity contribution in [3.05, 3.63) is 64.2 Å². The van der Waals surface area contributed by atoms with E-state index in [0.717, 1.165) is 36.1 Å². The number of carbonyl (C=O) groups excluding carboxylic acids is 1. The Hall–Kier alpha value is -4.13. The number of hydrazone groups is 1. The molecular weight excluding hydrogens is 458 g/mol. The molecule has 4 N–H and O–H groups in total. The number of nitrogens with two attached hydrogens (primary N) is 1. The van der Waals surface area contributed by atoms with Crippen LogP contribution < -0.4 is 21.5 Å². The minimum atomic E-state index is -0.528. The van der Waals surface area contributed by atoms with Gasteiger partial charge in [0.05, 0.1) is 16.9 Å². The van der Waals surface area contributed by atoms with E-state index in [9.17, 15) is 14.9 Å². The lowest BCUT2D eigenvalue weighted by Gasteiger charge is -2.20. The summed E-state index contributed by atoms with van der Waals surface area (Å²) in [6, 6.07) is 13.7. The van der Waals surface area contributed by atoms with Crippen LogP contribution in [0.1, 0.15) is 19.4 Å². The maximum atomic E-state index is 12.2. The lowest BCUT2D eigenvalue weighted by atomic mass is 10.2. The van der Waals surface area contributed by atoms with Crippen molar-refractivity contribution < 1.29 is 9.72 Å². The number of anilines is 3. The number of benzene rings is 2. The first-order chi connectivity index (χ1) is 16.4. The highest BCUT2D eigenvalue weighted by Crippen LogP contribution is 2.20. The Kier molecular flexibility index (Phi) is 8.40. The average Bonchev–Trinajstić information content (AvgIpc) is 3.19. The molecule has 12 nitrogen and oxygen atoms in total. The van der Waals surface area contributed by atoms with Crippen molar-refractivity contribution in [3.8, 4) is 0 Å². The molecule has 0 unspecified atom stereocenters. The molecule has 0 spiro atoms. The predicted molar refractivity (Wildman–Crippen MR) is 134 cm³/mol. The maximum Gasteiger partial charge on any atom is 0.271 e. The Morgan fingerprint density at radius 1 is 1.24 bits per heavy atom. The zero-order valence-electron chi connectivity index (χ0n) is 18.7. The minimum Gasteiger partial charge on any atom is -0.372 e. The molecule has 0 bridgehead atoms. The largest absolute Gasteiger partial charge is 0.372 e. The SMILES string of the molecule is CCN(CC)c1ccc(/C=N/Nc2nnc(SCC(=O)Nc3cccc([N+](=O)[O-])c3)n2N)cc1. The number of thioether (sulfide) groups is 1. The Bertz CT molecular complexity index is 1160. The molecule has 0 aliphatic rings. The molecule has 0 atom stereocenters. The van der Waals surface area contributed by atoms with Gasteiger partial charge in [0, 0.05) is 36.6 Å². The third-order valence-electron chi connectivity index (χ3n) is 4.74. The second-order valence-corrected chi connectivity index (χ2v) is 7.90. The van der Waals surface area contributed by atoms with E-state index in [1.54, 1.807) is 12.3 Å². The summed E-state index contributed by atoms with van der Waals surface area (Å²) in [6.07, 6.45) is 1.64. The highest BCUT2D eigenvalue weighted by molar-refractivity contribution is 7.99. The first kappa shape index (κ1) is 24.5. The molecular formula is C21H25N9O3S. The fourth-order valence-corrected chi connectivity index (χ4v) is 3.66. The van der Waals surface area contributed by atoms with Crippen LogP contribution in [0.2, 0.25) is 0 Å². The van der Waals surface area contributed by atoms with Gasteiger partial charge in [-0.3, -0.25) is 14.9 Å². The summed E-state index contributed by atoms with van der Waals surface area (Å²) in [7, 11) is 0. The summed E-state index contributed by atoms with van der Waals surface area (Å²) < 4.78 is 1.19. The van der Waals surface area contributed by atoms with E-state index in [1.807, 2.05) is 24.3 Å². The summed E-state index contributed by atoms with van der Waals surface area (Å²) in [5.41, 5.74) is 5.00. The third-order valence-corrected chi connectivity index (χ3v) is 5.68. The van der Waals surface area contributed by atoms with Crippen molar-refractivity contribution in [2.24, 2.45) is 5.10 Å². The summed E-state index contributed by atoms with van der Waals surface area (Å²) >= 11 is 1.07. The van der Waals surface area contributed by atoms with Crippen LogP contribution in [0, 0.1) is 10.1 Å².